The number of nitrogens with zero attached hydrogens (tertiary/aromatic N) is 3. The Morgan fingerprint density at radius 1 is 1.25 bits per heavy atom. The molecule has 20 heavy (non-hydrogen) atoms. The quantitative estimate of drug-likeness (QED) is 0.631. The van der Waals surface area contributed by atoms with Crippen LogP contribution in [-0.2, 0) is 11.4 Å². The first-order valence-corrected chi connectivity index (χ1v) is 6.34. The van der Waals surface area contributed by atoms with Gasteiger partial charge in [0.2, 0.25) is 0 Å². The van der Waals surface area contributed by atoms with Crippen molar-refractivity contribution < 1.29 is 10.0 Å². The lowest BCUT2D eigenvalue weighted by Gasteiger charge is -2.16. The lowest BCUT2D eigenvalue weighted by Crippen LogP contribution is -2.31. The van der Waals surface area contributed by atoms with Crippen LogP contribution < -0.4 is 0 Å². The molecule has 0 fully saturated rings. The second-order valence-corrected chi connectivity index (χ2v) is 4.52. The average molecular weight is 271 g/mol. The maximum absolute atomic E-state index is 10.5. The zero-order valence-electron chi connectivity index (χ0n) is 10.7. The van der Waals surface area contributed by atoms with Crippen molar-refractivity contribution in [2.45, 2.75) is 6.42 Å². The van der Waals surface area contributed by atoms with Crippen molar-refractivity contribution in [3.05, 3.63) is 58.1 Å². The molecule has 1 aliphatic rings. The standard InChI is InChI=1S/C14H13N3O3/c18-17(19)20-16-9-8-15-14(16)10-12-6-3-5-11-4-1-2-7-13(11)12/h1-7H,8-10H2. The van der Waals surface area contributed by atoms with Crippen molar-refractivity contribution in [1.82, 2.24) is 5.06 Å². The van der Waals surface area contributed by atoms with E-state index in [0.717, 1.165) is 16.3 Å². The van der Waals surface area contributed by atoms with Crippen molar-refractivity contribution in [3.8, 4) is 0 Å². The van der Waals surface area contributed by atoms with E-state index >= 15 is 0 Å². The Morgan fingerprint density at radius 3 is 2.90 bits per heavy atom. The number of fused-ring (bicyclic) bond motifs is 1. The third-order valence-electron chi connectivity index (χ3n) is 3.28. The lowest BCUT2D eigenvalue weighted by atomic mass is 10.0. The van der Waals surface area contributed by atoms with Gasteiger partial charge in [0.15, 0.2) is 0 Å². The van der Waals surface area contributed by atoms with E-state index in [2.05, 4.69) is 9.93 Å². The van der Waals surface area contributed by atoms with Gasteiger partial charge in [-0.15, -0.1) is 10.1 Å². The highest BCUT2D eigenvalue weighted by Crippen LogP contribution is 2.20. The van der Waals surface area contributed by atoms with E-state index in [1.165, 1.54) is 5.06 Å². The molecule has 0 saturated carbocycles. The third-order valence-corrected chi connectivity index (χ3v) is 3.28. The van der Waals surface area contributed by atoms with Crippen LogP contribution in [-0.4, -0.2) is 29.1 Å². The first-order chi connectivity index (χ1) is 9.74. The summed E-state index contributed by atoms with van der Waals surface area (Å²) in [6.45, 7) is 0.940. The van der Waals surface area contributed by atoms with E-state index < -0.39 is 5.09 Å². The molecule has 0 radical (unpaired) electrons. The van der Waals surface area contributed by atoms with Gasteiger partial charge in [0, 0.05) is 6.42 Å². The van der Waals surface area contributed by atoms with Crippen LogP contribution in [0.4, 0.5) is 0 Å². The van der Waals surface area contributed by atoms with E-state index in [1.807, 2.05) is 42.5 Å². The Morgan fingerprint density at radius 2 is 2.05 bits per heavy atom. The average Bonchev–Trinajstić information content (AvgIpc) is 2.86. The van der Waals surface area contributed by atoms with E-state index in [-0.39, 0.29) is 0 Å². The Kier molecular flexibility index (Phi) is 3.20. The molecule has 0 spiro atoms. The van der Waals surface area contributed by atoms with Crippen molar-refractivity contribution in [3.63, 3.8) is 0 Å². The first kappa shape index (κ1) is 12.4. The highest BCUT2D eigenvalue weighted by molar-refractivity contribution is 5.92. The van der Waals surface area contributed by atoms with Gasteiger partial charge in [-0.2, -0.15) is 10.0 Å². The molecule has 0 aliphatic carbocycles. The number of amidine groups is 1. The fourth-order valence-electron chi connectivity index (χ4n) is 2.41. The SMILES string of the molecule is O=[N+]([O-])ON1CCN=C1Cc1cccc2ccccc12. The fourth-order valence-corrected chi connectivity index (χ4v) is 2.41. The Bertz CT molecular complexity index is 679. The van der Waals surface area contributed by atoms with Crippen molar-refractivity contribution >= 4 is 16.6 Å². The lowest BCUT2D eigenvalue weighted by molar-refractivity contribution is -0.802. The normalized spacial score (nSPS) is 14.4. The minimum Gasteiger partial charge on any atom is -0.268 e. The number of rotatable bonds is 4. The van der Waals surface area contributed by atoms with Gasteiger partial charge < -0.3 is 0 Å². The molecular weight excluding hydrogens is 258 g/mol. The predicted molar refractivity (Wildman–Crippen MR) is 74.7 cm³/mol. The second kappa shape index (κ2) is 5.16. The van der Waals surface area contributed by atoms with E-state index in [4.69, 9.17) is 0 Å². The fraction of sp³-hybridized carbons (Fsp3) is 0.214. The predicted octanol–water partition coefficient (Wildman–Crippen LogP) is 2.22. The summed E-state index contributed by atoms with van der Waals surface area (Å²) in [5.41, 5.74) is 1.08. The molecule has 2 aromatic carbocycles. The van der Waals surface area contributed by atoms with Gasteiger partial charge in [-0.05, 0) is 16.3 Å². The molecule has 0 aromatic heterocycles. The van der Waals surface area contributed by atoms with Crippen LogP contribution in [0.15, 0.2) is 47.5 Å². The number of hydroxylamine groups is 2. The van der Waals surface area contributed by atoms with Gasteiger partial charge in [0.05, 0.1) is 13.1 Å². The molecule has 0 atom stereocenters. The molecular formula is C14H13N3O3. The Hall–Kier alpha value is -2.63. The number of aliphatic imine (C=N–C) groups is 1. The molecule has 6 heteroatoms. The zero-order valence-corrected chi connectivity index (χ0v) is 10.7. The molecule has 6 nitrogen and oxygen atoms in total. The summed E-state index contributed by atoms with van der Waals surface area (Å²) in [5.74, 6) is 0.595. The van der Waals surface area contributed by atoms with Crippen LogP contribution in [0.1, 0.15) is 5.56 Å². The number of hydrogen-bond acceptors (Lipinski definition) is 5. The van der Waals surface area contributed by atoms with E-state index in [9.17, 15) is 10.1 Å². The highest BCUT2D eigenvalue weighted by Gasteiger charge is 2.21. The topological polar surface area (TPSA) is 68.0 Å². The summed E-state index contributed by atoms with van der Waals surface area (Å²) in [6, 6.07) is 14.1. The van der Waals surface area contributed by atoms with Crippen LogP contribution in [0.5, 0.6) is 0 Å². The third kappa shape index (κ3) is 2.40. The highest BCUT2D eigenvalue weighted by atomic mass is 17.0. The molecule has 102 valence electrons. The van der Waals surface area contributed by atoms with Crippen LogP contribution in [0, 0.1) is 10.1 Å². The second-order valence-electron chi connectivity index (χ2n) is 4.52. The minimum atomic E-state index is -0.802. The van der Waals surface area contributed by atoms with Crippen LogP contribution in [0.2, 0.25) is 0 Å². The monoisotopic (exact) mass is 271 g/mol. The zero-order chi connectivity index (χ0) is 13.9. The van der Waals surface area contributed by atoms with Crippen LogP contribution in [0.3, 0.4) is 0 Å². The van der Waals surface area contributed by atoms with E-state index in [1.54, 1.807) is 0 Å². The largest absolute Gasteiger partial charge is 0.317 e. The first-order valence-electron chi connectivity index (χ1n) is 6.34. The Balaban J connectivity index is 1.88. The van der Waals surface area contributed by atoms with Gasteiger partial charge in [-0.25, -0.2) is 0 Å². The van der Waals surface area contributed by atoms with Crippen molar-refractivity contribution in [2.24, 2.45) is 4.99 Å². The molecule has 1 aliphatic heterocycles. The van der Waals surface area contributed by atoms with Crippen LogP contribution in [0.25, 0.3) is 10.8 Å². The van der Waals surface area contributed by atoms with Gasteiger partial charge in [0.1, 0.15) is 5.84 Å². The van der Waals surface area contributed by atoms with E-state index in [0.29, 0.717) is 25.3 Å². The van der Waals surface area contributed by atoms with Gasteiger partial charge >= 0.3 is 5.09 Å². The molecule has 0 bridgehead atoms. The summed E-state index contributed by atoms with van der Waals surface area (Å²) in [7, 11) is 0. The molecule has 0 unspecified atom stereocenters. The molecule has 3 rings (SSSR count). The van der Waals surface area contributed by atoms with Gasteiger partial charge in [0.25, 0.3) is 0 Å². The van der Waals surface area contributed by atoms with Crippen molar-refractivity contribution in [2.75, 3.05) is 13.1 Å². The molecule has 0 saturated heterocycles. The summed E-state index contributed by atoms with van der Waals surface area (Å²) in [6.07, 6.45) is 0.523. The number of hydrogen-bond donors (Lipinski definition) is 0. The van der Waals surface area contributed by atoms with Crippen molar-refractivity contribution in [1.29, 1.82) is 0 Å². The summed E-state index contributed by atoms with van der Waals surface area (Å²) >= 11 is 0. The summed E-state index contributed by atoms with van der Waals surface area (Å²) in [5, 5.41) is 13.2. The Labute approximate surface area is 115 Å². The molecule has 2 aromatic rings. The summed E-state index contributed by atoms with van der Waals surface area (Å²) < 4.78 is 0. The minimum absolute atomic E-state index is 0.418. The maximum atomic E-state index is 10.5. The molecule has 0 amide bonds. The van der Waals surface area contributed by atoms with Crippen LogP contribution >= 0.6 is 0 Å². The molecule has 0 N–H and O–H groups in total. The summed E-state index contributed by atoms with van der Waals surface area (Å²) in [4.78, 5) is 19.3. The maximum Gasteiger partial charge on any atom is 0.317 e. The number of benzene rings is 2. The molecule has 1 heterocycles. The smallest absolute Gasteiger partial charge is 0.268 e. The van der Waals surface area contributed by atoms with Gasteiger partial charge in [-0.1, -0.05) is 42.5 Å². The van der Waals surface area contributed by atoms with Gasteiger partial charge in [-0.3, -0.25) is 4.99 Å².